The zero-order valence-corrected chi connectivity index (χ0v) is 13.2. The highest BCUT2D eigenvalue weighted by atomic mass is 16.5. The van der Waals surface area contributed by atoms with Crippen molar-refractivity contribution in [3.8, 4) is 5.75 Å². The number of aliphatic hydroxyl groups excluding tert-OH is 1. The summed E-state index contributed by atoms with van der Waals surface area (Å²) in [6.07, 6.45) is -0.205. The molecule has 0 saturated carbocycles. The highest BCUT2D eigenvalue weighted by Crippen LogP contribution is 2.17. The average Bonchev–Trinajstić information content (AvgIpc) is 3.00. The molecule has 0 aliphatic rings. The lowest BCUT2D eigenvalue weighted by Gasteiger charge is -2.10. The minimum Gasteiger partial charge on any atom is -0.484 e. The Labute approximate surface area is 130 Å². The van der Waals surface area contributed by atoms with Crippen LogP contribution >= 0.6 is 0 Å². The van der Waals surface area contributed by atoms with Gasteiger partial charge in [-0.1, -0.05) is 31.1 Å². The third kappa shape index (κ3) is 4.82. The van der Waals surface area contributed by atoms with E-state index >= 15 is 0 Å². The molecule has 22 heavy (non-hydrogen) atoms. The van der Waals surface area contributed by atoms with E-state index in [0.29, 0.717) is 30.0 Å². The van der Waals surface area contributed by atoms with E-state index in [0.717, 1.165) is 5.56 Å². The van der Waals surface area contributed by atoms with Crippen LogP contribution in [0.3, 0.4) is 0 Å². The van der Waals surface area contributed by atoms with Crippen molar-refractivity contribution in [1.82, 2.24) is 10.1 Å². The molecule has 0 radical (unpaired) electrons. The quantitative estimate of drug-likeness (QED) is 0.808. The lowest BCUT2D eigenvalue weighted by Crippen LogP contribution is -2.07. The number of hydrogen-bond acceptors (Lipinski definition) is 6. The van der Waals surface area contributed by atoms with Crippen LogP contribution in [0, 0.1) is 5.92 Å². The summed E-state index contributed by atoms with van der Waals surface area (Å²) in [5, 5.41) is 12.9. The Morgan fingerprint density at radius 2 is 1.91 bits per heavy atom. The van der Waals surface area contributed by atoms with Gasteiger partial charge in [0.25, 0.3) is 5.89 Å². The third-order valence-electron chi connectivity index (χ3n) is 3.00. The summed E-state index contributed by atoms with van der Waals surface area (Å²) in [5.41, 5.74) is 0.837. The van der Waals surface area contributed by atoms with Crippen molar-refractivity contribution in [3.05, 3.63) is 41.5 Å². The van der Waals surface area contributed by atoms with Crippen LogP contribution in [0.15, 0.2) is 28.8 Å². The van der Waals surface area contributed by atoms with E-state index < -0.39 is 0 Å². The van der Waals surface area contributed by atoms with Gasteiger partial charge in [0.1, 0.15) is 11.9 Å². The van der Waals surface area contributed by atoms with Crippen LogP contribution in [-0.2, 0) is 18.0 Å². The van der Waals surface area contributed by atoms with Crippen LogP contribution in [0.5, 0.6) is 5.75 Å². The largest absolute Gasteiger partial charge is 0.484 e. The maximum Gasteiger partial charge on any atom is 0.264 e. The van der Waals surface area contributed by atoms with Gasteiger partial charge in [-0.15, -0.1) is 0 Å². The summed E-state index contributed by atoms with van der Waals surface area (Å²) in [6.45, 7) is 6.93. The third-order valence-corrected chi connectivity index (χ3v) is 3.00. The molecular weight excluding hydrogens is 284 g/mol. The lowest BCUT2D eigenvalue weighted by molar-refractivity contribution is 0.0402. The molecule has 0 aliphatic carbocycles. The second kappa shape index (κ2) is 7.91. The molecule has 2 aromatic rings. The van der Waals surface area contributed by atoms with Gasteiger partial charge in [0, 0.05) is 6.61 Å². The van der Waals surface area contributed by atoms with Gasteiger partial charge in [-0.3, -0.25) is 0 Å². The van der Waals surface area contributed by atoms with Gasteiger partial charge in [0.15, 0.2) is 12.4 Å². The number of ether oxygens (including phenoxy) is 2. The van der Waals surface area contributed by atoms with Crippen molar-refractivity contribution in [2.75, 3.05) is 6.61 Å². The Morgan fingerprint density at radius 3 is 2.55 bits per heavy atom. The fourth-order valence-electron chi connectivity index (χ4n) is 1.74. The molecule has 2 rings (SSSR count). The van der Waals surface area contributed by atoms with Crippen LogP contribution in [-0.4, -0.2) is 21.9 Å². The SMILES string of the molecule is CC(C)COC(C)c1noc(COc2ccc(CO)cc2)n1. The minimum atomic E-state index is -0.205. The monoisotopic (exact) mass is 306 g/mol. The molecule has 1 N–H and O–H groups in total. The predicted molar refractivity (Wildman–Crippen MR) is 80.2 cm³/mol. The average molecular weight is 306 g/mol. The molecule has 0 aliphatic heterocycles. The van der Waals surface area contributed by atoms with E-state index in [1.807, 2.05) is 6.92 Å². The Morgan fingerprint density at radius 1 is 1.18 bits per heavy atom. The second-order valence-electron chi connectivity index (χ2n) is 5.51. The fraction of sp³-hybridized carbons (Fsp3) is 0.500. The standard InChI is InChI=1S/C16H22N2O4/c1-11(2)9-20-12(3)16-17-15(22-18-16)10-21-14-6-4-13(8-19)5-7-14/h4-7,11-12,19H,8-10H2,1-3H3. The molecular formula is C16H22N2O4. The first kappa shape index (κ1) is 16.5. The van der Waals surface area contributed by atoms with Crippen LogP contribution in [0.2, 0.25) is 0 Å². The predicted octanol–water partition coefficient (Wildman–Crippen LogP) is 2.87. The molecule has 0 saturated heterocycles. The molecule has 0 fully saturated rings. The Hall–Kier alpha value is -1.92. The zero-order valence-electron chi connectivity index (χ0n) is 13.2. The summed E-state index contributed by atoms with van der Waals surface area (Å²) in [6, 6.07) is 7.18. The fourth-order valence-corrected chi connectivity index (χ4v) is 1.74. The van der Waals surface area contributed by atoms with E-state index in [9.17, 15) is 0 Å². The van der Waals surface area contributed by atoms with Crippen molar-refractivity contribution in [1.29, 1.82) is 0 Å². The molecule has 1 unspecified atom stereocenters. The number of benzene rings is 1. The highest BCUT2D eigenvalue weighted by molar-refractivity contribution is 5.26. The molecule has 1 heterocycles. The van der Waals surface area contributed by atoms with E-state index in [2.05, 4.69) is 24.0 Å². The summed E-state index contributed by atoms with van der Waals surface area (Å²) < 4.78 is 16.4. The Kier molecular flexibility index (Phi) is 5.91. The molecule has 0 bridgehead atoms. The molecule has 1 aromatic heterocycles. The summed E-state index contributed by atoms with van der Waals surface area (Å²) >= 11 is 0. The van der Waals surface area contributed by atoms with Crippen LogP contribution in [0.4, 0.5) is 0 Å². The molecule has 120 valence electrons. The molecule has 1 aromatic carbocycles. The van der Waals surface area contributed by atoms with E-state index in [1.165, 1.54) is 0 Å². The van der Waals surface area contributed by atoms with E-state index in [-0.39, 0.29) is 19.3 Å². The Balaban J connectivity index is 1.85. The molecule has 0 spiro atoms. The van der Waals surface area contributed by atoms with Crippen molar-refractivity contribution < 1.29 is 19.1 Å². The van der Waals surface area contributed by atoms with E-state index in [1.54, 1.807) is 24.3 Å². The highest BCUT2D eigenvalue weighted by Gasteiger charge is 2.15. The van der Waals surface area contributed by atoms with Crippen molar-refractivity contribution in [2.24, 2.45) is 5.92 Å². The maximum atomic E-state index is 8.98. The smallest absolute Gasteiger partial charge is 0.264 e. The molecule has 6 heteroatoms. The molecule has 0 amide bonds. The zero-order chi connectivity index (χ0) is 15.9. The van der Waals surface area contributed by atoms with Gasteiger partial charge in [-0.05, 0) is 30.5 Å². The first-order valence-electron chi connectivity index (χ1n) is 7.35. The first-order chi connectivity index (χ1) is 10.6. The Bertz CT molecular complexity index is 566. The van der Waals surface area contributed by atoms with Crippen LogP contribution in [0.25, 0.3) is 0 Å². The topological polar surface area (TPSA) is 77.6 Å². The van der Waals surface area contributed by atoms with Crippen molar-refractivity contribution in [3.63, 3.8) is 0 Å². The summed E-state index contributed by atoms with van der Waals surface area (Å²) in [7, 11) is 0. The van der Waals surface area contributed by atoms with Gasteiger partial charge in [-0.2, -0.15) is 4.98 Å². The second-order valence-corrected chi connectivity index (χ2v) is 5.51. The van der Waals surface area contributed by atoms with Crippen molar-refractivity contribution >= 4 is 0 Å². The van der Waals surface area contributed by atoms with Gasteiger partial charge in [0.2, 0.25) is 0 Å². The van der Waals surface area contributed by atoms with Crippen molar-refractivity contribution in [2.45, 2.75) is 40.1 Å². The minimum absolute atomic E-state index is 0.0154. The van der Waals surface area contributed by atoms with E-state index in [4.69, 9.17) is 19.1 Å². The maximum absolute atomic E-state index is 8.98. The number of aliphatic hydroxyl groups is 1. The van der Waals surface area contributed by atoms with Crippen LogP contribution in [0.1, 0.15) is 44.2 Å². The van der Waals surface area contributed by atoms with Gasteiger partial charge in [-0.25, -0.2) is 0 Å². The van der Waals surface area contributed by atoms with Gasteiger partial charge < -0.3 is 19.1 Å². The number of hydrogen-bond donors (Lipinski definition) is 1. The number of aromatic nitrogens is 2. The molecule has 6 nitrogen and oxygen atoms in total. The number of nitrogens with zero attached hydrogens (tertiary/aromatic N) is 2. The lowest BCUT2D eigenvalue weighted by atomic mass is 10.2. The van der Waals surface area contributed by atoms with Gasteiger partial charge in [0.05, 0.1) is 6.61 Å². The van der Waals surface area contributed by atoms with Crippen LogP contribution < -0.4 is 4.74 Å². The summed E-state index contributed by atoms with van der Waals surface area (Å²) in [4.78, 5) is 4.27. The summed E-state index contributed by atoms with van der Waals surface area (Å²) in [5.74, 6) is 2.07. The van der Waals surface area contributed by atoms with Gasteiger partial charge >= 0.3 is 0 Å². The first-order valence-corrected chi connectivity index (χ1v) is 7.35. The molecule has 1 atom stereocenters. The number of rotatable bonds is 8. The normalized spacial score (nSPS) is 12.6.